The fourth-order valence-electron chi connectivity index (χ4n) is 3.45. The van der Waals surface area contributed by atoms with Gasteiger partial charge in [0, 0.05) is 32.7 Å². The average molecular weight is 376 g/mol. The van der Waals surface area contributed by atoms with E-state index in [2.05, 4.69) is 46.3 Å². The highest BCUT2D eigenvalue weighted by Gasteiger charge is 2.24. The zero-order valence-corrected chi connectivity index (χ0v) is 17.0. The number of piperazine rings is 1. The maximum Gasteiger partial charge on any atom is 0.328 e. The van der Waals surface area contributed by atoms with Gasteiger partial charge in [-0.25, -0.2) is 4.79 Å². The molecule has 0 aromatic heterocycles. The van der Waals surface area contributed by atoms with Crippen molar-refractivity contribution >= 4 is 11.9 Å². The molecule has 0 saturated carbocycles. The van der Waals surface area contributed by atoms with Crippen molar-refractivity contribution in [3.8, 4) is 0 Å². The Labute approximate surface area is 162 Å². The minimum Gasteiger partial charge on any atom is -0.467 e. The van der Waals surface area contributed by atoms with Gasteiger partial charge < -0.3 is 10.1 Å². The lowest BCUT2D eigenvalue weighted by molar-refractivity contribution is -0.145. The third-order valence-electron chi connectivity index (χ3n) is 4.85. The van der Waals surface area contributed by atoms with Crippen molar-refractivity contribution in [3.05, 3.63) is 35.4 Å². The highest BCUT2D eigenvalue weighted by atomic mass is 16.5. The molecule has 27 heavy (non-hydrogen) atoms. The number of hydrogen-bond acceptors (Lipinski definition) is 5. The SMILES string of the molecule is COC(=O)[C@@H](CC(C)C)NC(=O)CN1CCN(Cc2cccc(C)c2)CC1. The van der Waals surface area contributed by atoms with Gasteiger partial charge in [0.2, 0.25) is 5.91 Å². The molecular weight excluding hydrogens is 342 g/mol. The fourth-order valence-corrected chi connectivity index (χ4v) is 3.45. The van der Waals surface area contributed by atoms with Crippen molar-refractivity contribution in [1.29, 1.82) is 0 Å². The predicted octanol–water partition coefficient (Wildman–Crippen LogP) is 1.82. The van der Waals surface area contributed by atoms with Gasteiger partial charge in [-0.2, -0.15) is 0 Å². The average Bonchev–Trinajstić information content (AvgIpc) is 2.62. The number of carbonyl (C=O) groups excluding carboxylic acids is 2. The van der Waals surface area contributed by atoms with E-state index in [1.807, 2.05) is 13.8 Å². The number of aryl methyl sites for hydroxylation is 1. The van der Waals surface area contributed by atoms with Crippen LogP contribution in [0.15, 0.2) is 24.3 Å². The standard InChI is InChI=1S/C21H33N3O3/c1-16(2)12-19(21(26)27-4)22-20(25)15-24-10-8-23(9-11-24)14-18-7-5-6-17(3)13-18/h5-7,13,16,19H,8-12,14-15H2,1-4H3,(H,22,25)/t19-/m1/s1. The van der Waals surface area contributed by atoms with E-state index in [1.54, 1.807) is 0 Å². The molecule has 1 saturated heterocycles. The third-order valence-corrected chi connectivity index (χ3v) is 4.85. The van der Waals surface area contributed by atoms with E-state index < -0.39 is 6.04 Å². The number of carbonyl (C=O) groups is 2. The highest BCUT2D eigenvalue weighted by molar-refractivity contribution is 5.85. The summed E-state index contributed by atoms with van der Waals surface area (Å²) in [5, 5.41) is 2.83. The minimum absolute atomic E-state index is 0.113. The lowest BCUT2D eigenvalue weighted by Crippen LogP contribution is -2.51. The summed E-state index contributed by atoms with van der Waals surface area (Å²) < 4.78 is 4.81. The molecule has 1 N–H and O–H groups in total. The van der Waals surface area contributed by atoms with Crippen LogP contribution in [-0.4, -0.2) is 67.6 Å². The second-order valence-corrected chi connectivity index (χ2v) is 7.81. The lowest BCUT2D eigenvalue weighted by Gasteiger charge is -2.34. The summed E-state index contributed by atoms with van der Waals surface area (Å²) >= 11 is 0. The van der Waals surface area contributed by atoms with Gasteiger partial charge in [0.25, 0.3) is 0 Å². The Morgan fingerprint density at radius 1 is 1.15 bits per heavy atom. The molecule has 2 rings (SSSR count). The molecule has 6 nitrogen and oxygen atoms in total. The van der Waals surface area contributed by atoms with E-state index in [-0.39, 0.29) is 11.9 Å². The number of methoxy groups -OCH3 is 1. The van der Waals surface area contributed by atoms with Crippen LogP contribution in [-0.2, 0) is 20.9 Å². The van der Waals surface area contributed by atoms with E-state index >= 15 is 0 Å². The number of hydrogen-bond donors (Lipinski definition) is 1. The Morgan fingerprint density at radius 3 is 2.41 bits per heavy atom. The molecule has 6 heteroatoms. The van der Waals surface area contributed by atoms with Crippen LogP contribution < -0.4 is 5.32 Å². The zero-order valence-electron chi connectivity index (χ0n) is 17.0. The van der Waals surface area contributed by atoms with Crippen molar-refractivity contribution < 1.29 is 14.3 Å². The van der Waals surface area contributed by atoms with Gasteiger partial charge in [0.15, 0.2) is 0 Å². The van der Waals surface area contributed by atoms with Crippen LogP contribution in [0.1, 0.15) is 31.4 Å². The molecule has 1 aliphatic rings. The van der Waals surface area contributed by atoms with Crippen molar-refractivity contribution in [2.75, 3.05) is 39.8 Å². The summed E-state index contributed by atoms with van der Waals surface area (Å²) in [6.07, 6.45) is 0.586. The number of rotatable bonds is 8. The number of benzene rings is 1. The summed E-state index contributed by atoms with van der Waals surface area (Å²) in [4.78, 5) is 28.8. The van der Waals surface area contributed by atoms with Gasteiger partial charge in [-0.15, -0.1) is 0 Å². The molecule has 1 aliphatic heterocycles. The van der Waals surface area contributed by atoms with Crippen LogP contribution in [0.5, 0.6) is 0 Å². The molecule has 1 amide bonds. The van der Waals surface area contributed by atoms with Crippen LogP contribution in [0.4, 0.5) is 0 Å². The van der Waals surface area contributed by atoms with E-state index in [9.17, 15) is 9.59 Å². The molecule has 1 fully saturated rings. The molecule has 0 bridgehead atoms. The van der Waals surface area contributed by atoms with E-state index in [0.29, 0.717) is 18.9 Å². The first kappa shape index (κ1) is 21.4. The molecule has 0 unspecified atom stereocenters. The number of nitrogens with one attached hydrogen (secondary N) is 1. The monoisotopic (exact) mass is 375 g/mol. The van der Waals surface area contributed by atoms with Crippen molar-refractivity contribution in [3.63, 3.8) is 0 Å². The van der Waals surface area contributed by atoms with E-state index in [0.717, 1.165) is 32.7 Å². The van der Waals surface area contributed by atoms with Crippen LogP contribution in [0.2, 0.25) is 0 Å². The third kappa shape index (κ3) is 7.31. The Morgan fingerprint density at radius 2 is 1.81 bits per heavy atom. The van der Waals surface area contributed by atoms with Gasteiger partial charge in [0.1, 0.15) is 6.04 Å². The molecule has 150 valence electrons. The first-order valence-electron chi connectivity index (χ1n) is 9.75. The van der Waals surface area contributed by atoms with Gasteiger partial charge >= 0.3 is 5.97 Å². The summed E-state index contributed by atoms with van der Waals surface area (Å²) in [5.41, 5.74) is 2.61. The lowest BCUT2D eigenvalue weighted by atomic mass is 10.0. The quantitative estimate of drug-likeness (QED) is 0.702. The summed E-state index contributed by atoms with van der Waals surface area (Å²) in [5.74, 6) is -0.183. The second-order valence-electron chi connectivity index (χ2n) is 7.81. The first-order valence-corrected chi connectivity index (χ1v) is 9.75. The van der Waals surface area contributed by atoms with Gasteiger partial charge in [-0.1, -0.05) is 43.7 Å². The normalized spacial score (nSPS) is 16.9. The van der Waals surface area contributed by atoms with Gasteiger partial charge in [0.05, 0.1) is 13.7 Å². The molecule has 1 atom stereocenters. The Hall–Kier alpha value is -1.92. The fraction of sp³-hybridized carbons (Fsp3) is 0.619. The van der Waals surface area contributed by atoms with E-state index in [4.69, 9.17) is 4.74 Å². The van der Waals surface area contributed by atoms with Crippen LogP contribution in [0, 0.1) is 12.8 Å². The maximum atomic E-state index is 12.4. The highest BCUT2D eigenvalue weighted by Crippen LogP contribution is 2.11. The number of ether oxygens (including phenoxy) is 1. The minimum atomic E-state index is -0.565. The number of amides is 1. The molecule has 1 heterocycles. The molecule has 1 aromatic carbocycles. The summed E-state index contributed by atoms with van der Waals surface area (Å²) in [6, 6.07) is 8.03. The van der Waals surface area contributed by atoms with Gasteiger partial charge in [-0.05, 0) is 24.8 Å². The second kappa shape index (κ2) is 10.4. The predicted molar refractivity (Wildman–Crippen MR) is 106 cm³/mol. The molecular formula is C21H33N3O3. The van der Waals surface area contributed by atoms with E-state index in [1.165, 1.54) is 18.2 Å². The van der Waals surface area contributed by atoms with Crippen LogP contribution >= 0.6 is 0 Å². The number of nitrogens with zero attached hydrogens (tertiary/aromatic N) is 2. The van der Waals surface area contributed by atoms with Crippen molar-refractivity contribution in [1.82, 2.24) is 15.1 Å². The Balaban J connectivity index is 1.77. The number of esters is 1. The molecule has 1 aromatic rings. The van der Waals surface area contributed by atoms with Crippen molar-refractivity contribution in [2.45, 2.75) is 39.8 Å². The molecule has 0 spiro atoms. The zero-order chi connectivity index (χ0) is 19.8. The Kier molecular flexibility index (Phi) is 8.25. The first-order chi connectivity index (χ1) is 12.9. The van der Waals surface area contributed by atoms with Crippen LogP contribution in [0.25, 0.3) is 0 Å². The maximum absolute atomic E-state index is 12.4. The summed E-state index contributed by atoms with van der Waals surface area (Å²) in [6.45, 7) is 11.0. The molecule has 0 aliphatic carbocycles. The van der Waals surface area contributed by atoms with Gasteiger partial charge in [-0.3, -0.25) is 14.6 Å². The topological polar surface area (TPSA) is 61.9 Å². The largest absolute Gasteiger partial charge is 0.467 e. The van der Waals surface area contributed by atoms with Crippen molar-refractivity contribution in [2.24, 2.45) is 5.92 Å². The molecule has 0 radical (unpaired) electrons. The van der Waals surface area contributed by atoms with Crippen LogP contribution in [0.3, 0.4) is 0 Å². The smallest absolute Gasteiger partial charge is 0.328 e. The summed E-state index contributed by atoms with van der Waals surface area (Å²) in [7, 11) is 1.36. The Bertz CT molecular complexity index is 625.